The molecule has 2 N–H and O–H groups in total. The normalized spacial score (nSPS) is 20.8. The van der Waals surface area contributed by atoms with E-state index in [2.05, 4.69) is 25.0 Å². The van der Waals surface area contributed by atoms with Crippen LogP contribution in [0.5, 0.6) is 0 Å². The Morgan fingerprint density at radius 1 is 1.54 bits per heavy atom. The van der Waals surface area contributed by atoms with Gasteiger partial charge in [-0.05, 0) is 19.4 Å². The maximum Gasteiger partial charge on any atom is 0.167 e. The minimum Gasteiger partial charge on any atom is -0.382 e. The molecule has 2 aromatic rings. The summed E-state index contributed by atoms with van der Waals surface area (Å²) in [7, 11) is 0. The molecule has 24 heavy (non-hydrogen) atoms. The number of aromatic nitrogens is 4. The predicted octanol–water partition coefficient (Wildman–Crippen LogP) is 1.21. The average Bonchev–Trinajstić information content (AvgIpc) is 3.12. The van der Waals surface area contributed by atoms with Crippen molar-refractivity contribution in [2.24, 2.45) is 5.11 Å². The number of azide groups is 1. The van der Waals surface area contributed by atoms with Crippen molar-refractivity contribution in [2.45, 2.75) is 38.6 Å². The van der Waals surface area contributed by atoms with Gasteiger partial charge in [-0.1, -0.05) is 5.11 Å². The molecule has 0 spiro atoms. The second-order valence-electron chi connectivity index (χ2n) is 5.76. The molecular formula is C13H18N8O3. The third kappa shape index (κ3) is 3.39. The summed E-state index contributed by atoms with van der Waals surface area (Å²) in [6.45, 7) is 4.28. The third-order valence-electron chi connectivity index (χ3n) is 3.63. The van der Waals surface area contributed by atoms with Gasteiger partial charge >= 0.3 is 0 Å². The van der Waals surface area contributed by atoms with Gasteiger partial charge < -0.3 is 19.9 Å². The van der Waals surface area contributed by atoms with Crippen molar-refractivity contribution in [3.05, 3.63) is 23.1 Å². The molecule has 11 nitrogen and oxygen atoms in total. The Balaban J connectivity index is 1.73. The molecule has 1 aliphatic rings. The second-order valence-corrected chi connectivity index (χ2v) is 5.76. The molecule has 3 rings (SSSR count). The summed E-state index contributed by atoms with van der Waals surface area (Å²) in [6.07, 6.45) is 2.14. The first-order chi connectivity index (χ1) is 11.5. The Labute approximate surface area is 137 Å². The lowest BCUT2D eigenvalue weighted by Crippen LogP contribution is -2.35. The van der Waals surface area contributed by atoms with E-state index in [1.54, 1.807) is 10.9 Å². The molecule has 1 unspecified atom stereocenters. The number of ether oxygens (including phenoxy) is 3. The van der Waals surface area contributed by atoms with Crippen LogP contribution >= 0.6 is 0 Å². The van der Waals surface area contributed by atoms with Gasteiger partial charge in [-0.15, -0.1) is 0 Å². The standard InChI is InChI=1S/C13H18N8O3/c1-13(2)23-4-9(24-13)8(3-19-20-15)22-7-21-6-18-10-11(14)16-5-17-12(10)21/h5-6,8-9H,3-4,7H2,1-2H3,(H2,14,16,17)/t8-,9?/m1/s1. The molecule has 11 heteroatoms. The van der Waals surface area contributed by atoms with E-state index in [-0.39, 0.29) is 19.4 Å². The molecule has 1 saturated heterocycles. The maximum atomic E-state index is 8.57. The average molecular weight is 334 g/mol. The monoisotopic (exact) mass is 334 g/mol. The van der Waals surface area contributed by atoms with E-state index < -0.39 is 11.9 Å². The van der Waals surface area contributed by atoms with Crippen LogP contribution in [0.3, 0.4) is 0 Å². The van der Waals surface area contributed by atoms with Crippen LogP contribution in [0, 0.1) is 0 Å². The molecule has 1 fully saturated rings. The summed E-state index contributed by atoms with van der Waals surface area (Å²) < 4.78 is 18.9. The van der Waals surface area contributed by atoms with Gasteiger partial charge in [0.1, 0.15) is 24.7 Å². The highest BCUT2D eigenvalue weighted by molar-refractivity contribution is 5.80. The SMILES string of the molecule is CC1(C)OCC([C@@H](CN=[N+]=[N-])OCn2cnc3c(N)ncnc32)O1. The van der Waals surface area contributed by atoms with E-state index in [1.807, 2.05) is 13.8 Å². The number of hydrogen-bond acceptors (Lipinski definition) is 8. The summed E-state index contributed by atoms with van der Waals surface area (Å²) in [6, 6.07) is 0. The quantitative estimate of drug-likeness (QED) is 0.474. The molecule has 0 saturated carbocycles. The number of hydrogen-bond donors (Lipinski definition) is 1. The van der Waals surface area contributed by atoms with Gasteiger partial charge in [0, 0.05) is 4.91 Å². The fraction of sp³-hybridized carbons (Fsp3) is 0.615. The number of nitrogen functional groups attached to an aromatic ring is 1. The molecule has 1 aliphatic heterocycles. The number of nitrogens with two attached hydrogens (primary N) is 1. The van der Waals surface area contributed by atoms with Crippen molar-refractivity contribution in [3.63, 3.8) is 0 Å². The van der Waals surface area contributed by atoms with Crippen LogP contribution in [0.2, 0.25) is 0 Å². The van der Waals surface area contributed by atoms with Gasteiger partial charge in [-0.3, -0.25) is 4.57 Å². The predicted molar refractivity (Wildman–Crippen MR) is 83.5 cm³/mol. The summed E-state index contributed by atoms with van der Waals surface area (Å²) >= 11 is 0. The molecule has 3 heterocycles. The molecule has 2 atom stereocenters. The van der Waals surface area contributed by atoms with Gasteiger partial charge in [-0.25, -0.2) is 15.0 Å². The van der Waals surface area contributed by atoms with Crippen molar-refractivity contribution in [3.8, 4) is 0 Å². The van der Waals surface area contributed by atoms with Gasteiger partial charge in [-0.2, -0.15) is 0 Å². The molecular weight excluding hydrogens is 316 g/mol. The number of rotatable bonds is 6. The van der Waals surface area contributed by atoms with Crippen LogP contribution in [-0.2, 0) is 20.9 Å². The second kappa shape index (κ2) is 6.57. The van der Waals surface area contributed by atoms with Crippen molar-refractivity contribution >= 4 is 17.0 Å². The van der Waals surface area contributed by atoms with Gasteiger partial charge in [0.05, 0.1) is 25.6 Å². The zero-order valence-electron chi connectivity index (χ0n) is 13.4. The van der Waals surface area contributed by atoms with E-state index in [9.17, 15) is 0 Å². The number of fused-ring (bicyclic) bond motifs is 1. The van der Waals surface area contributed by atoms with E-state index in [4.69, 9.17) is 25.5 Å². The van der Waals surface area contributed by atoms with Gasteiger partial charge in [0.15, 0.2) is 17.3 Å². The fourth-order valence-corrected chi connectivity index (χ4v) is 2.46. The maximum absolute atomic E-state index is 8.57. The van der Waals surface area contributed by atoms with Crippen LogP contribution in [0.15, 0.2) is 17.8 Å². The highest BCUT2D eigenvalue weighted by Crippen LogP contribution is 2.26. The third-order valence-corrected chi connectivity index (χ3v) is 3.63. The van der Waals surface area contributed by atoms with Crippen LogP contribution in [0.4, 0.5) is 5.82 Å². The first-order valence-electron chi connectivity index (χ1n) is 7.36. The first kappa shape index (κ1) is 16.4. The van der Waals surface area contributed by atoms with Gasteiger partial charge in [0.25, 0.3) is 0 Å². The van der Waals surface area contributed by atoms with Crippen LogP contribution in [0.1, 0.15) is 13.8 Å². The topological polar surface area (TPSA) is 146 Å². The van der Waals surface area contributed by atoms with Gasteiger partial charge in [0.2, 0.25) is 0 Å². The molecule has 0 aromatic carbocycles. The van der Waals surface area contributed by atoms with E-state index in [0.29, 0.717) is 23.6 Å². The van der Waals surface area contributed by atoms with Crippen LogP contribution in [0.25, 0.3) is 21.6 Å². The number of nitrogens with zero attached hydrogens (tertiary/aromatic N) is 7. The fourth-order valence-electron chi connectivity index (χ4n) is 2.46. The smallest absolute Gasteiger partial charge is 0.167 e. The van der Waals surface area contributed by atoms with Crippen molar-refractivity contribution in [2.75, 3.05) is 18.9 Å². The minimum atomic E-state index is -0.688. The lowest BCUT2D eigenvalue weighted by molar-refractivity contribution is -0.159. The molecule has 2 aromatic heterocycles. The molecule has 128 valence electrons. The highest BCUT2D eigenvalue weighted by Gasteiger charge is 2.37. The van der Waals surface area contributed by atoms with E-state index in [1.165, 1.54) is 6.33 Å². The Kier molecular flexibility index (Phi) is 4.49. The Morgan fingerprint density at radius 3 is 3.08 bits per heavy atom. The Bertz CT molecular complexity index is 770. The zero-order valence-corrected chi connectivity index (χ0v) is 13.4. The summed E-state index contributed by atoms with van der Waals surface area (Å²) in [5.74, 6) is -0.384. The Morgan fingerprint density at radius 2 is 2.38 bits per heavy atom. The zero-order chi connectivity index (χ0) is 17.2. The molecule has 0 amide bonds. The summed E-state index contributed by atoms with van der Waals surface area (Å²) in [5.41, 5.74) is 15.4. The molecule has 0 radical (unpaired) electrons. The lowest BCUT2D eigenvalue weighted by atomic mass is 10.2. The number of imidazole rings is 1. The first-order valence-corrected chi connectivity index (χ1v) is 7.36. The van der Waals surface area contributed by atoms with Crippen molar-refractivity contribution < 1.29 is 14.2 Å². The minimum absolute atomic E-state index is 0.129. The van der Waals surface area contributed by atoms with Crippen LogP contribution in [-0.4, -0.2) is 50.7 Å². The van der Waals surface area contributed by atoms with Crippen molar-refractivity contribution in [1.29, 1.82) is 0 Å². The molecule has 0 aliphatic carbocycles. The summed E-state index contributed by atoms with van der Waals surface area (Å²) in [4.78, 5) is 15.0. The lowest BCUT2D eigenvalue weighted by Gasteiger charge is -2.23. The van der Waals surface area contributed by atoms with Crippen LogP contribution < -0.4 is 5.73 Å². The Hall–Kier alpha value is -2.46. The summed E-state index contributed by atoms with van der Waals surface area (Å²) in [5, 5.41) is 3.59. The van der Waals surface area contributed by atoms with E-state index >= 15 is 0 Å². The van der Waals surface area contributed by atoms with Crippen molar-refractivity contribution in [1.82, 2.24) is 19.5 Å². The largest absolute Gasteiger partial charge is 0.382 e. The highest BCUT2D eigenvalue weighted by atomic mass is 16.7. The molecule has 0 bridgehead atoms. The van der Waals surface area contributed by atoms with E-state index in [0.717, 1.165) is 0 Å². The number of anilines is 1.